The fourth-order valence-electron chi connectivity index (χ4n) is 2.47. The third-order valence-electron chi connectivity index (χ3n) is 3.45. The molecule has 2 nitrogen and oxygen atoms in total. The quantitative estimate of drug-likeness (QED) is 0.485. The Morgan fingerprint density at radius 2 is 1.44 bits per heavy atom. The summed E-state index contributed by atoms with van der Waals surface area (Å²) in [5.74, 6) is 0. The lowest BCUT2D eigenvalue weighted by Gasteiger charge is -2.21. The van der Waals surface area contributed by atoms with Crippen LogP contribution in [0, 0.1) is 0 Å². The Labute approximate surface area is 115 Å². The van der Waals surface area contributed by atoms with Crippen LogP contribution in [0.15, 0.2) is 0 Å². The number of hydrogen-bond donors (Lipinski definition) is 2. The molecule has 110 valence electrons. The van der Waals surface area contributed by atoms with Crippen LogP contribution in [0.5, 0.6) is 0 Å². The zero-order valence-corrected chi connectivity index (χ0v) is 13.2. The number of rotatable bonds is 13. The summed E-state index contributed by atoms with van der Waals surface area (Å²) in [6.07, 6.45) is 12.3. The molecule has 1 atom stereocenters. The van der Waals surface area contributed by atoms with E-state index >= 15 is 0 Å². The Kier molecular flexibility index (Phi) is 13.3. The molecule has 0 aromatic rings. The van der Waals surface area contributed by atoms with E-state index in [1.54, 1.807) is 0 Å². The van der Waals surface area contributed by atoms with Crippen LogP contribution in [-0.4, -0.2) is 25.7 Å². The fourth-order valence-corrected chi connectivity index (χ4v) is 2.47. The normalized spacial score (nSPS) is 13.2. The lowest BCUT2D eigenvalue weighted by molar-refractivity contribution is 0.388. The molecule has 0 aromatic carbocycles. The molecule has 0 saturated heterocycles. The molecule has 0 radical (unpaired) electrons. The van der Waals surface area contributed by atoms with Crippen molar-refractivity contribution in [1.29, 1.82) is 0 Å². The molecule has 2 N–H and O–H groups in total. The molecule has 0 aromatic heterocycles. The highest BCUT2D eigenvalue weighted by Crippen LogP contribution is 2.12. The molecular formula is C16H36N2. The molecule has 0 aliphatic rings. The molecule has 2 heteroatoms. The average Bonchev–Trinajstić information content (AvgIpc) is 2.33. The van der Waals surface area contributed by atoms with E-state index in [0.29, 0.717) is 6.04 Å². The number of nitrogens with one attached hydrogen (secondary N) is 2. The highest BCUT2D eigenvalue weighted by atomic mass is 14.9. The fraction of sp³-hybridized carbons (Fsp3) is 1.00. The first-order chi connectivity index (χ1) is 8.70. The summed E-state index contributed by atoms with van der Waals surface area (Å²) in [5.41, 5.74) is 0. The van der Waals surface area contributed by atoms with Crippen LogP contribution in [0.25, 0.3) is 0 Å². The first-order valence-electron chi connectivity index (χ1n) is 8.11. The molecule has 0 rings (SSSR count). The molecule has 0 amide bonds. The zero-order valence-electron chi connectivity index (χ0n) is 13.2. The van der Waals surface area contributed by atoms with Crippen molar-refractivity contribution in [2.45, 2.75) is 90.6 Å². The van der Waals surface area contributed by atoms with Gasteiger partial charge in [0.25, 0.3) is 0 Å². The van der Waals surface area contributed by atoms with Crippen LogP contribution < -0.4 is 10.6 Å². The van der Waals surface area contributed by atoms with Crippen LogP contribution in [-0.2, 0) is 0 Å². The standard InChI is InChI=1S/C16H36N2/c1-5-6-7-8-9-12-16(18-15(2)3)13-10-11-14-17-4/h15-18H,5-14H2,1-4H3. The minimum absolute atomic E-state index is 0.620. The van der Waals surface area contributed by atoms with Gasteiger partial charge in [-0.2, -0.15) is 0 Å². The lowest BCUT2D eigenvalue weighted by atomic mass is 10.0. The maximum Gasteiger partial charge on any atom is 0.00694 e. The van der Waals surface area contributed by atoms with Crippen molar-refractivity contribution in [3.63, 3.8) is 0 Å². The van der Waals surface area contributed by atoms with Crippen molar-refractivity contribution in [1.82, 2.24) is 10.6 Å². The minimum atomic E-state index is 0.620. The van der Waals surface area contributed by atoms with Crippen LogP contribution in [0.1, 0.15) is 78.6 Å². The van der Waals surface area contributed by atoms with Gasteiger partial charge in [0, 0.05) is 12.1 Å². The predicted molar refractivity (Wildman–Crippen MR) is 83.2 cm³/mol. The summed E-state index contributed by atoms with van der Waals surface area (Å²) in [6, 6.07) is 1.36. The van der Waals surface area contributed by atoms with Gasteiger partial charge >= 0.3 is 0 Å². The second kappa shape index (κ2) is 13.4. The molecule has 0 aliphatic heterocycles. The van der Waals surface area contributed by atoms with Crippen molar-refractivity contribution >= 4 is 0 Å². The molecular weight excluding hydrogens is 220 g/mol. The van der Waals surface area contributed by atoms with Crippen LogP contribution in [0.2, 0.25) is 0 Å². The predicted octanol–water partition coefficient (Wildman–Crippen LogP) is 4.10. The Morgan fingerprint density at radius 1 is 0.833 bits per heavy atom. The van der Waals surface area contributed by atoms with E-state index in [1.165, 1.54) is 57.8 Å². The van der Waals surface area contributed by atoms with E-state index in [-0.39, 0.29) is 0 Å². The van der Waals surface area contributed by atoms with Gasteiger partial charge < -0.3 is 10.6 Å². The van der Waals surface area contributed by atoms with E-state index in [1.807, 2.05) is 7.05 Å². The van der Waals surface area contributed by atoms with E-state index < -0.39 is 0 Å². The zero-order chi connectivity index (χ0) is 13.6. The second-order valence-electron chi connectivity index (χ2n) is 5.82. The molecule has 18 heavy (non-hydrogen) atoms. The summed E-state index contributed by atoms with van der Waals surface area (Å²) in [4.78, 5) is 0. The first kappa shape index (κ1) is 17.9. The largest absolute Gasteiger partial charge is 0.320 e. The molecule has 0 heterocycles. The van der Waals surface area contributed by atoms with Gasteiger partial charge in [0.05, 0.1) is 0 Å². The van der Waals surface area contributed by atoms with Gasteiger partial charge in [-0.05, 0) is 32.9 Å². The topological polar surface area (TPSA) is 24.1 Å². The van der Waals surface area contributed by atoms with Crippen LogP contribution in [0.4, 0.5) is 0 Å². The smallest absolute Gasteiger partial charge is 0.00694 e. The number of unbranched alkanes of at least 4 members (excludes halogenated alkanes) is 5. The van der Waals surface area contributed by atoms with Gasteiger partial charge in [-0.1, -0.05) is 59.3 Å². The average molecular weight is 256 g/mol. The Balaban J connectivity index is 3.63. The molecule has 0 saturated carbocycles. The van der Waals surface area contributed by atoms with Crippen molar-refractivity contribution in [2.24, 2.45) is 0 Å². The molecule has 0 aliphatic carbocycles. The third kappa shape index (κ3) is 12.4. The van der Waals surface area contributed by atoms with Gasteiger partial charge in [0.15, 0.2) is 0 Å². The maximum absolute atomic E-state index is 3.73. The van der Waals surface area contributed by atoms with Crippen molar-refractivity contribution < 1.29 is 0 Å². The second-order valence-corrected chi connectivity index (χ2v) is 5.82. The van der Waals surface area contributed by atoms with E-state index in [9.17, 15) is 0 Å². The Morgan fingerprint density at radius 3 is 2.00 bits per heavy atom. The molecule has 1 unspecified atom stereocenters. The summed E-state index contributed by atoms with van der Waals surface area (Å²) in [7, 11) is 2.04. The third-order valence-corrected chi connectivity index (χ3v) is 3.45. The van der Waals surface area contributed by atoms with Crippen molar-refractivity contribution in [3.05, 3.63) is 0 Å². The van der Waals surface area contributed by atoms with Gasteiger partial charge in [0.2, 0.25) is 0 Å². The van der Waals surface area contributed by atoms with E-state index in [4.69, 9.17) is 0 Å². The van der Waals surface area contributed by atoms with E-state index in [2.05, 4.69) is 31.4 Å². The van der Waals surface area contributed by atoms with Crippen molar-refractivity contribution in [3.8, 4) is 0 Å². The first-order valence-corrected chi connectivity index (χ1v) is 8.11. The summed E-state index contributed by atoms with van der Waals surface area (Å²) >= 11 is 0. The van der Waals surface area contributed by atoms with Gasteiger partial charge in [0.1, 0.15) is 0 Å². The monoisotopic (exact) mass is 256 g/mol. The minimum Gasteiger partial charge on any atom is -0.320 e. The lowest BCUT2D eigenvalue weighted by Crippen LogP contribution is -2.34. The Bertz CT molecular complexity index is 157. The van der Waals surface area contributed by atoms with Gasteiger partial charge in [-0.15, -0.1) is 0 Å². The van der Waals surface area contributed by atoms with Gasteiger partial charge in [-0.25, -0.2) is 0 Å². The summed E-state index contributed by atoms with van der Waals surface area (Å²) in [6.45, 7) is 7.96. The Hall–Kier alpha value is -0.0800. The van der Waals surface area contributed by atoms with Gasteiger partial charge in [-0.3, -0.25) is 0 Å². The maximum atomic E-state index is 3.73. The molecule has 0 spiro atoms. The molecule has 0 fully saturated rings. The van der Waals surface area contributed by atoms with Crippen LogP contribution in [0.3, 0.4) is 0 Å². The highest BCUT2D eigenvalue weighted by molar-refractivity contribution is 4.69. The summed E-state index contributed by atoms with van der Waals surface area (Å²) in [5, 5.41) is 6.96. The number of hydrogen-bond acceptors (Lipinski definition) is 2. The SMILES string of the molecule is CCCCCCCC(CCCCNC)NC(C)C. The summed E-state index contributed by atoms with van der Waals surface area (Å²) < 4.78 is 0. The van der Waals surface area contributed by atoms with Crippen LogP contribution >= 0.6 is 0 Å². The van der Waals surface area contributed by atoms with Crippen molar-refractivity contribution in [2.75, 3.05) is 13.6 Å². The highest BCUT2D eigenvalue weighted by Gasteiger charge is 2.09. The van der Waals surface area contributed by atoms with E-state index in [0.717, 1.165) is 12.6 Å². The molecule has 0 bridgehead atoms.